The van der Waals surface area contributed by atoms with Crippen LogP contribution in [-0.4, -0.2) is 34.2 Å². The van der Waals surface area contributed by atoms with E-state index in [0.717, 1.165) is 30.6 Å². The van der Waals surface area contributed by atoms with Crippen molar-refractivity contribution in [2.45, 2.75) is 32.8 Å². The highest BCUT2D eigenvalue weighted by molar-refractivity contribution is 7.85. The van der Waals surface area contributed by atoms with Gasteiger partial charge in [-0.15, -0.1) is 0 Å². The molecule has 1 heterocycles. The van der Waals surface area contributed by atoms with Crippen molar-refractivity contribution in [3.63, 3.8) is 0 Å². The highest BCUT2D eigenvalue weighted by Gasteiger charge is 2.20. The lowest BCUT2D eigenvalue weighted by Gasteiger charge is -2.09. The molecule has 0 N–H and O–H groups in total. The molecule has 1 saturated heterocycles. The lowest BCUT2D eigenvalue weighted by Crippen LogP contribution is -2.21. The minimum Gasteiger partial charge on any atom is -0.377 e. The average Bonchev–Trinajstić information content (AvgIpc) is 2.84. The van der Waals surface area contributed by atoms with Crippen LogP contribution in [0.25, 0.3) is 0 Å². The summed E-state index contributed by atoms with van der Waals surface area (Å²) >= 11 is 0. The van der Waals surface area contributed by atoms with Gasteiger partial charge in [0.2, 0.25) is 0 Å². The van der Waals surface area contributed by atoms with Crippen molar-refractivity contribution in [3.8, 4) is 0 Å². The molecule has 19 heavy (non-hydrogen) atoms. The maximum atomic E-state index is 12.2. The number of rotatable bonds is 5. The predicted octanol–water partition coefficient (Wildman–Crippen LogP) is 2.41. The number of ketones is 1. The molecule has 1 aliphatic heterocycles. The Morgan fingerprint density at radius 3 is 2.89 bits per heavy atom. The Balaban J connectivity index is 1.96. The SMILES string of the molecule is Cc1ccc(C)c(C(=O)CS(=O)CC2CCCO2)c1. The van der Waals surface area contributed by atoms with Gasteiger partial charge in [0.05, 0.1) is 17.6 Å². The Morgan fingerprint density at radius 1 is 1.42 bits per heavy atom. The van der Waals surface area contributed by atoms with Crippen LogP contribution in [0.2, 0.25) is 0 Å². The van der Waals surface area contributed by atoms with Crippen molar-refractivity contribution < 1.29 is 13.7 Å². The predicted molar refractivity (Wildman–Crippen MR) is 77.1 cm³/mol. The molecule has 2 rings (SSSR count). The number of ether oxygens (including phenoxy) is 1. The molecule has 0 radical (unpaired) electrons. The number of Topliss-reactive ketones (excluding diaryl/α,β-unsaturated/α-hetero) is 1. The summed E-state index contributed by atoms with van der Waals surface area (Å²) in [4.78, 5) is 12.2. The van der Waals surface area contributed by atoms with Gasteiger partial charge in [-0.1, -0.05) is 17.7 Å². The fraction of sp³-hybridized carbons (Fsp3) is 0.533. The molecule has 0 saturated carbocycles. The summed E-state index contributed by atoms with van der Waals surface area (Å²) in [5, 5.41) is 0. The molecule has 2 unspecified atom stereocenters. The van der Waals surface area contributed by atoms with Crippen LogP contribution in [0.1, 0.15) is 34.3 Å². The Kier molecular flexibility index (Phi) is 4.88. The normalized spacial score (nSPS) is 20.4. The molecule has 0 amide bonds. The van der Waals surface area contributed by atoms with Gasteiger partial charge >= 0.3 is 0 Å². The second-order valence-corrected chi connectivity index (χ2v) is 6.63. The molecule has 1 fully saturated rings. The van der Waals surface area contributed by atoms with E-state index in [4.69, 9.17) is 4.74 Å². The maximum Gasteiger partial charge on any atom is 0.175 e. The second-order valence-electron chi connectivity index (χ2n) is 5.13. The van der Waals surface area contributed by atoms with Crippen LogP contribution in [0.5, 0.6) is 0 Å². The Labute approximate surface area is 116 Å². The summed E-state index contributed by atoms with van der Waals surface area (Å²) in [6, 6.07) is 5.79. The van der Waals surface area contributed by atoms with Gasteiger partial charge in [-0.2, -0.15) is 0 Å². The molecule has 3 nitrogen and oxygen atoms in total. The van der Waals surface area contributed by atoms with Crippen LogP contribution in [0.3, 0.4) is 0 Å². The third-order valence-electron chi connectivity index (χ3n) is 3.38. The summed E-state index contributed by atoms with van der Waals surface area (Å²) in [7, 11) is -1.13. The smallest absolute Gasteiger partial charge is 0.175 e. The molecular formula is C15H20O3S. The fourth-order valence-corrected chi connectivity index (χ4v) is 3.55. The molecule has 0 aliphatic carbocycles. The van der Waals surface area contributed by atoms with Gasteiger partial charge in [0.1, 0.15) is 0 Å². The van der Waals surface area contributed by atoms with Gasteiger partial charge in [-0.05, 0) is 38.3 Å². The van der Waals surface area contributed by atoms with Crippen molar-refractivity contribution >= 4 is 16.6 Å². The highest BCUT2D eigenvalue weighted by atomic mass is 32.2. The summed E-state index contributed by atoms with van der Waals surface area (Å²) in [6.45, 7) is 4.63. The van der Waals surface area contributed by atoms with Gasteiger partial charge in [-0.3, -0.25) is 9.00 Å². The first-order valence-electron chi connectivity index (χ1n) is 6.63. The van der Waals surface area contributed by atoms with Crippen molar-refractivity contribution in [2.75, 3.05) is 18.1 Å². The summed E-state index contributed by atoms with van der Waals surface area (Å²) in [5.41, 5.74) is 2.70. The topological polar surface area (TPSA) is 43.4 Å². The first-order valence-corrected chi connectivity index (χ1v) is 8.12. The number of hydrogen-bond acceptors (Lipinski definition) is 3. The molecule has 0 bridgehead atoms. The lowest BCUT2D eigenvalue weighted by atomic mass is 10.0. The van der Waals surface area contributed by atoms with Gasteiger partial charge < -0.3 is 4.74 Å². The van der Waals surface area contributed by atoms with E-state index in [-0.39, 0.29) is 17.6 Å². The zero-order valence-electron chi connectivity index (χ0n) is 11.5. The zero-order chi connectivity index (χ0) is 13.8. The maximum absolute atomic E-state index is 12.2. The van der Waals surface area contributed by atoms with Gasteiger partial charge in [0.15, 0.2) is 5.78 Å². The minimum atomic E-state index is -1.13. The van der Waals surface area contributed by atoms with Crippen LogP contribution in [0.15, 0.2) is 18.2 Å². The zero-order valence-corrected chi connectivity index (χ0v) is 12.3. The average molecular weight is 280 g/mol. The van der Waals surface area contributed by atoms with E-state index < -0.39 is 10.8 Å². The third-order valence-corrected chi connectivity index (χ3v) is 4.71. The van der Waals surface area contributed by atoms with E-state index in [9.17, 15) is 9.00 Å². The van der Waals surface area contributed by atoms with Crippen LogP contribution in [0, 0.1) is 13.8 Å². The molecule has 0 spiro atoms. The quantitative estimate of drug-likeness (QED) is 0.778. The third kappa shape index (κ3) is 3.98. The lowest BCUT2D eigenvalue weighted by molar-refractivity contribution is 0.102. The van der Waals surface area contributed by atoms with E-state index in [0.29, 0.717) is 11.3 Å². The van der Waals surface area contributed by atoms with Crippen LogP contribution < -0.4 is 0 Å². The van der Waals surface area contributed by atoms with Crippen LogP contribution >= 0.6 is 0 Å². The molecule has 104 valence electrons. The van der Waals surface area contributed by atoms with Crippen molar-refractivity contribution in [1.82, 2.24) is 0 Å². The number of aryl methyl sites for hydroxylation is 2. The summed E-state index contributed by atoms with van der Waals surface area (Å²) in [5.74, 6) is 0.554. The van der Waals surface area contributed by atoms with Crippen molar-refractivity contribution in [2.24, 2.45) is 0 Å². The van der Waals surface area contributed by atoms with Crippen LogP contribution in [0.4, 0.5) is 0 Å². The second kappa shape index (κ2) is 6.44. The molecule has 2 atom stereocenters. The molecule has 1 aromatic rings. The van der Waals surface area contributed by atoms with Crippen LogP contribution in [-0.2, 0) is 15.5 Å². The standard InChI is InChI=1S/C15H20O3S/c1-11-5-6-12(2)14(8-11)15(16)10-19(17)9-13-4-3-7-18-13/h5-6,8,13H,3-4,7,9-10H2,1-2H3. The summed E-state index contributed by atoms with van der Waals surface area (Å²) in [6.07, 6.45) is 2.07. The highest BCUT2D eigenvalue weighted by Crippen LogP contribution is 2.15. The Hall–Kier alpha value is -1.00. The summed E-state index contributed by atoms with van der Waals surface area (Å²) < 4.78 is 17.4. The van der Waals surface area contributed by atoms with Gasteiger partial charge in [0, 0.05) is 23.0 Å². The van der Waals surface area contributed by atoms with E-state index in [2.05, 4.69) is 0 Å². The number of carbonyl (C=O) groups excluding carboxylic acids is 1. The Morgan fingerprint density at radius 2 is 2.21 bits per heavy atom. The fourth-order valence-electron chi connectivity index (χ4n) is 2.30. The first kappa shape index (κ1) is 14.4. The van der Waals surface area contributed by atoms with E-state index >= 15 is 0 Å². The van der Waals surface area contributed by atoms with E-state index in [1.54, 1.807) is 0 Å². The number of carbonyl (C=O) groups is 1. The molecule has 1 aliphatic rings. The van der Waals surface area contributed by atoms with Crippen molar-refractivity contribution in [1.29, 1.82) is 0 Å². The van der Waals surface area contributed by atoms with E-state index in [1.165, 1.54) is 0 Å². The molecule has 0 aromatic heterocycles. The van der Waals surface area contributed by atoms with Crippen molar-refractivity contribution in [3.05, 3.63) is 34.9 Å². The Bertz CT molecular complexity index is 490. The van der Waals surface area contributed by atoms with E-state index in [1.807, 2.05) is 32.0 Å². The van der Waals surface area contributed by atoms with Gasteiger partial charge in [0.25, 0.3) is 0 Å². The van der Waals surface area contributed by atoms with Gasteiger partial charge in [-0.25, -0.2) is 0 Å². The first-order chi connectivity index (χ1) is 9.06. The largest absolute Gasteiger partial charge is 0.377 e. The number of benzene rings is 1. The minimum absolute atomic E-state index is 0.0301. The monoisotopic (exact) mass is 280 g/mol. The molecular weight excluding hydrogens is 260 g/mol. The molecule has 1 aromatic carbocycles. The molecule has 4 heteroatoms. The number of hydrogen-bond donors (Lipinski definition) is 0.